The minimum atomic E-state index is -3.38. The highest BCUT2D eigenvalue weighted by molar-refractivity contribution is 7.90. The molecule has 0 bridgehead atoms. The monoisotopic (exact) mass is 329 g/mol. The molecule has 0 saturated heterocycles. The van der Waals surface area contributed by atoms with E-state index in [-0.39, 0.29) is 16.2 Å². The third-order valence-electron chi connectivity index (χ3n) is 3.91. The highest BCUT2D eigenvalue weighted by Crippen LogP contribution is 2.49. The van der Waals surface area contributed by atoms with Crippen LogP contribution in [0.4, 0.5) is 0 Å². The van der Waals surface area contributed by atoms with Crippen LogP contribution in [0.15, 0.2) is 35.2 Å². The molecule has 0 aliphatic carbocycles. The standard InChI is InChI=1S/C17H15NO4S/c1-17(2)13-5-4-11(23(3,20)21)8-12(13)16-14(19)6-10(9-18)7-15(16)22-17/h4-8,19H,1-3H3. The van der Waals surface area contributed by atoms with Crippen molar-refractivity contribution < 1.29 is 18.3 Å². The van der Waals surface area contributed by atoms with Crippen molar-refractivity contribution >= 4 is 9.84 Å². The minimum Gasteiger partial charge on any atom is -0.507 e. The highest BCUT2D eigenvalue weighted by atomic mass is 32.2. The largest absolute Gasteiger partial charge is 0.507 e. The summed E-state index contributed by atoms with van der Waals surface area (Å²) in [5.74, 6) is 0.256. The predicted molar refractivity (Wildman–Crippen MR) is 85.0 cm³/mol. The van der Waals surface area contributed by atoms with E-state index in [4.69, 9.17) is 10.00 Å². The first-order chi connectivity index (χ1) is 10.6. The fraction of sp³-hybridized carbons (Fsp3) is 0.235. The van der Waals surface area contributed by atoms with Gasteiger partial charge in [-0.2, -0.15) is 5.26 Å². The first-order valence-electron chi connectivity index (χ1n) is 6.94. The highest BCUT2D eigenvalue weighted by Gasteiger charge is 2.35. The molecule has 3 rings (SSSR count). The van der Waals surface area contributed by atoms with Crippen molar-refractivity contribution in [3.8, 4) is 28.7 Å². The lowest BCUT2D eigenvalue weighted by atomic mass is 9.85. The number of nitrogens with zero attached hydrogens (tertiary/aromatic N) is 1. The van der Waals surface area contributed by atoms with Gasteiger partial charge in [-0.05, 0) is 43.7 Å². The number of hydrogen-bond acceptors (Lipinski definition) is 5. The lowest BCUT2D eigenvalue weighted by Crippen LogP contribution is -2.29. The van der Waals surface area contributed by atoms with Gasteiger partial charge in [0.05, 0.1) is 22.1 Å². The average molecular weight is 329 g/mol. The van der Waals surface area contributed by atoms with E-state index in [1.165, 1.54) is 12.1 Å². The second-order valence-electron chi connectivity index (χ2n) is 6.07. The van der Waals surface area contributed by atoms with Gasteiger partial charge in [0.2, 0.25) is 0 Å². The summed E-state index contributed by atoms with van der Waals surface area (Å²) < 4.78 is 29.6. The van der Waals surface area contributed by atoms with E-state index in [2.05, 4.69) is 0 Å². The van der Waals surface area contributed by atoms with Gasteiger partial charge in [0.1, 0.15) is 17.1 Å². The molecule has 0 fully saturated rings. The van der Waals surface area contributed by atoms with Crippen molar-refractivity contribution in [2.24, 2.45) is 0 Å². The zero-order chi connectivity index (χ0) is 17.0. The van der Waals surface area contributed by atoms with Crippen LogP contribution in [-0.2, 0) is 15.4 Å². The van der Waals surface area contributed by atoms with Crippen LogP contribution in [0.2, 0.25) is 0 Å². The molecule has 1 aliphatic rings. The van der Waals surface area contributed by atoms with Crippen molar-refractivity contribution in [2.75, 3.05) is 6.26 Å². The van der Waals surface area contributed by atoms with Crippen molar-refractivity contribution in [2.45, 2.75) is 24.3 Å². The van der Waals surface area contributed by atoms with E-state index < -0.39 is 15.4 Å². The molecule has 0 unspecified atom stereocenters. The number of phenols is 1. The average Bonchev–Trinajstić information content (AvgIpc) is 2.44. The van der Waals surface area contributed by atoms with E-state index >= 15 is 0 Å². The Bertz CT molecular complexity index is 969. The molecular formula is C17H15NO4S. The summed E-state index contributed by atoms with van der Waals surface area (Å²) in [6.45, 7) is 3.70. The quantitative estimate of drug-likeness (QED) is 0.869. The van der Waals surface area contributed by atoms with Crippen molar-refractivity contribution in [1.82, 2.24) is 0 Å². The zero-order valence-electron chi connectivity index (χ0n) is 12.9. The molecule has 6 heteroatoms. The van der Waals surface area contributed by atoms with Crippen LogP contribution in [0.25, 0.3) is 11.1 Å². The number of rotatable bonds is 1. The summed E-state index contributed by atoms with van der Waals surface area (Å²) in [4.78, 5) is 0.170. The Labute approximate surface area is 134 Å². The van der Waals surface area contributed by atoms with Crippen LogP contribution in [0.3, 0.4) is 0 Å². The fourth-order valence-electron chi connectivity index (χ4n) is 2.83. The topological polar surface area (TPSA) is 87.4 Å². The number of fused-ring (bicyclic) bond motifs is 3. The third kappa shape index (κ3) is 2.43. The maximum absolute atomic E-state index is 11.8. The summed E-state index contributed by atoms with van der Waals surface area (Å²) >= 11 is 0. The first kappa shape index (κ1) is 15.4. The lowest BCUT2D eigenvalue weighted by molar-refractivity contribution is 0.105. The van der Waals surface area contributed by atoms with Crippen LogP contribution in [-0.4, -0.2) is 19.8 Å². The Kier molecular flexibility index (Phi) is 3.17. The van der Waals surface area contributed by atoms with Gasteiger partial charge >= 0.3 is 0 Å². The minimum absolute atomic E-state index is 0.110. The van der Waals surface area contributed by atoms with E-state index in [0.29, 0.717) is 16.9 Å². The van der Waals surface area contributed by atoms with Gasteiger partial charge in [-0.15, -0.1) is 0 Å². The number of benzene rings is 2. The van der Waals surface area contributed by atoms with Crippen LogP contribution in [0.5, 0.6) is 11.5 Å². The molecule has 0 radical (unpaired) electrons. The maximum atomic E-state index is 11.8. The van der Waals surface area contributed by atoms with E-state index in [1.807, 2.05) is 19.9 Å². The molecule has 0 atom stereocenters. The third-order valence-corrected chi connectivity index (χ3v) is 5.02. The summed E-state index contributed by atoms with van der Waals surface area (Å²) in [6.07, 6.45) is 1.14. The van der Waals surface area contributed by atoms with Gasteiger partial charge in [-0.3, -0.25) is 0 Å². The normalized spacial score (nSPS) is 15.0. The maximum Gasteiger partial charge on any atom is 0.175 e. The van der Waals surface area contributed by atoms with E-state index in [1.54, 1.807) is 18.2 Å². The molecule has 5 nitrogen and oxygen atoms in total. The molecule has 1 heterocycles. The van der Waals surface area contributed by atoms with Crippen molar-refractivity contribution in [3.05, 3.63) is 41.5 Å². The fourth-order valence-corrected chi connectivity index (χ4v) is 3.48. The molecule has 2 aromatic rings. The molecular weight excluding hydrogens is 314 g/mol. The van der Waals surface area contributed by atoms with Crippen LogP contribution in [0, 0.1) is 11.3 Å². The lowest BCUT2D eigenvalue weighted by Gasteiger charge is -2.35. The van der Waals surface area contributed by atoms with Gasteiger partial charge in [-0.25, -0.2) is 8.42 Å². The number of sulfone groups is 1. The first-order valence-corrected chi connectivity index (χ1v) is 8.84. The second kappa shape index (κ2) is 4.74. The van der Waals surface area contributed by atoms with E-state index in [0.717, 1.165) is 11.8 Å². The van der Waals surface area contributed by atoms with Crippen LogP contribution < -0.4 is 4.74 Å². The molecule has 23 heavy (non-hydrogen) atoms. The zero-order valence-corrected chi connectivity index (χ0v) is 13.7. The number of hydrogen-bond donors (Lipinski definition) is 1. The molecule has 2 aromatic carbocycles. The van der Waals surface area contributed by atoms with Gasteiger partial charge in [0.25, 0.3) is 0 Å². The molecule has 0 amide bonds. The van der Waals surface area contributed by atoms with Gasteiger partial charge in [-0.1, -0.05) is 6.07 Å². The summed E-state index contributed by atoms with van der Waals surface area (Å²) in [5, 5.41) is 19.3. The molecule has 0 spiro atoms. The van der Waals surface area contributed by atoms with Crippen LogP contribution >= 0.6 is 0 Å². The van der Waals surface area contributed by atoms with E-state index in [9.17, 15) is 13.5 Å². The Morgan fingerprint density at radius 1 is 1.22 bits per heavy atom. The molecule has 1 N–H and O–H groups in total. The second-order valence-corrected chi connectivity index (χ2v) is 8.09. The van der Waals surface area contributed by atoms with Gasteiger partial charge < -0.3 is 9.84 Å². The number of phenolic OH excluding ortho intramolecular Hbond substituents is 1. The Hall–Kier alpha value is -2.52. The number of aromatic hydroxyl groups is 1. The molecule has 1 aliphatic heterocycles. The summed E-state index contributed by atoms with van der Waals surface area (Å²) in [7, 11) is -3.38. The summed E-state index contributed by atoms with van der Waals surface area (Å²) in [5.41, 5.74) is 1.35. The molecule has 0 saturated carbocycles. The number of nitriles is 1. The van der Waals surface area contributed by atoms with Crippen LogP contribution in [0.1, 0.15) is 25.0 Å². The smallest absolute Gasteiger partial charge is 0.175 e. The molecule has 0 aromatic heterocycles. The van der Waals surface area contributed by atoms with Gasteiger partial charge in [0, 0.05) is 11.8 Å². The summed E-state index contributed by atoms with van der Waals surface area (Å²) in [6, 6.07) is 9.64. The predicted octanol–water partition coefficient (Wildman–Crippen LogP) is 2.96. The van der Waals surface area contributed by atoms with Crippen molar-refractivity contribution in [1.29, 1.82) is 5.26 Å². The molecule has 118 valence electrons. The SMILES string of the molecule is CC1(C)Oc2cc(C#N)cc(O)c2-c2cc(S(C)(=O)=O)ccc21. The van der Waals surface area contributed by atoms with Gasteiger partial charge in [0.15, 0.2) is 9.84 Å². The Balaban J connectivity index is 2.38. The Morgan fingerprint density at radius 2 is 1.91 bits per heavy atom. The number of ether oxygens (including phenoxy) is 1. The Morgan fingerprint density at radius 3 is 2.52 bits per heavy atom. The van der Waals surface area contributed by atoms with Crippen molar-refractivity contribution in [3.63, 3.8) is 0 Å².